The zero-order valence-electron chi connectivity index (χ0n) is 14.6. The Morgan fingerprint density at radius 1 is 1.12 bits per heavy atom. The van der Waals surface area contributed by atoms with Crippen LogP contribution in [0, 0.1) is 6.92 Å². The molecule has 3 aromatic rings. The number of carbonyl (C=O) groups excluding carboxylic acids is 1. The number of pyridine rings is 3. The molecule has 1 saturated heterocycles. The zero-order chi connectivity index (χ0) is 18.1. The van der Waals surface area contributed by atoms with Crippen molar-refractivity contribution >= 4 is 16.9 Å². The lowest BCUT2D eigenvalue weighted by atomic mass is 9.87. The summed E-state index contributed by atoms with van der Waals surface area (Å²) in [6, 6.07) is 11.2. The van der Waals surface area contributed by atoms with Gasteiger partial charge in [-0.2, -0.15) is 0 Å². The number of aliphatic hydroxyl groups is 1. The van der Waals surface area contributed by atoms with Crippen LogP contribution >= 0.6 is 0 Å². The van der Waals surface area contributed by atoms with E-state index in [1.54, 1.807) is 23.4 Å². The van der Waals surface area contributed by atoms with Gasteiger partial charge in [0.05, 0.1) is 5.69 Å². The summed E-state index contributed by atoms with van der Waals surface area (Å²) in [5.74, 6) is -0.128. The van der Waals surface area contributed by atoms with Crippen molar-refractivity contribution < 1.29 is 9.90 Å². The molecule has 26 heavy (non-hydrogen) atoms. The number of hydrogen-bond donors (Lipinski definition) is 1. The van der Waals surface area contributed by atoms with Crippen LogP contribution in [0.3, 0.4) is 0 Å². The average Bonchev–Trinajstić information content (AvgIpc) is 2.68. The normalized spacial score (nSPS) is 16.6. The van der Waals surface area contributed by atoms with Crippen molar-refractivity contribution in [3.63, 3.8) is 0 Å². The lowest BCUT2D eigenvalue weighted by Crippen LogP contribution is -2.45. The highest BCUT2D eigenvalue weighted by Crippen LogP contribution is 2.32. The molecule has 0 bridgehead atoms. The standard InChI is InChI=1S/C20H20N4O2/c1-14-4-7-17(22-13-14)20(26)8-11-24(12-9-20)19(25)16-6-5-15-3-2-10-21-18(15)23-16/h2-7,10,13,26H,8-9,11-12H2,1H3. The Bertz CT molecular complexity index is 947. The second kappa shape index (κ2) is 6.46. The van der Waals surface area contributed by atoms with Gasteiger partial charge in [0.2, 0.25) is 0 Å². The third-order valence-corrected chi connectivity index (χ3v) is 4.95. The highest BCUT2D eigenvalue weighted by atomic mass is 16.3. The molecule has 1 N–H and O–H groups in total. The minimum atomic E-state index is -0.983. The first-order chi connectivity index (χ1) is 12.5. The van der Waals surface area contributed by atoms with E-state index in [1.165, 1.54) is 0 Å². The second-order valence-electron chi connectivity index (χ2n) is 6.79. The van der Waals surface area contributed by atoms with Crippen LogP contribution in [0.4, 0.5) is 0 Å². The molecule has 0 aliphatic carbocycles. The predicted molar refractivity (Wildman–Crippen MR) is 97.5 cm³/mol. The summed E-state index contributed by atoms with van der Waals surface area (Å²) in [5.41, 5.74) is 1.69. The monoisotopic (exact) mass is 348 g/mol. The van der Waals surface area contributed by atoms with Crippen LogP contribution < -0.4 is 0 Å². The first-order valence-corrected chi connectivity index (χ1v) is 8.72. The third-order valence-electron chi connectivity index (χ3n) is 4.95. The Morgan fingerprint density at radius 3 is 2.65 bits per heavy atom. The van der Waals surface area contributed by atoms with Crippen LogP contribution in [0.2, 0.25) is 0 Å². The number of aryl methyl sites for hydroxylation is 1. The third kappa shape index (κ3) is 3.04. The van der Waals surface area contributed by atoms with Gasteiger partial charge in [-0.25, -0.2) is 9.97 Å². The molecule has 4 heterocycles. The molecule has 6 nitrogen and oxygen atoms in total. The molecule has 0 saturated carbocycles. The fraction of sp³-hybridized carbons (Fsp3) is 0.300. The zero-order valence-corrected chi connectivity index (χ0v) is 14.6. The number of fused-ring (bicyclic) bond motifs is 1. The summed E-state index contributed by atoms with van der Waals surface area (Å²) in [5, 5.41) is 11.8. The van der Waals surface area contributed by atoms with Crippen LogP contribution in [0.5, 0.6) is 0 Å². The molecular formula is C20H20N4O2. The molecule has 1 amide bonds. The molecular weight excluding hydrogens is 328 g/mol. The molecule has 0 spiro atoms. The SMILES string of the molecule is Cc1ccc(C2(O)CCN(C(=O)c3ccc4cccnc4n3)CC2)nc1. The van der Waals surface area contributed by atoms with Gasteiger partial charge in [0.15, 0.2) is 5.65 Å². The highest BCUT2D eigenvalue weighted by Gasteiger charge is 2.37. The number of hydrogen-bond acceptors (Lipinski definition) is 5. The molecule has 3 aromatic heterocycles. The second-order valence-corrected chi connectivity index (χ2v) is 6.79. The quantitative estimate of drug-likeness (QED) is 0.769. The van der Waals surface area contributed by atoms with Crippen molar-refractivity contribution in [3.8, 4) is 0 Å². The van der Waals surface area contributed by atoms with Gasteiger partial charge in [0, 0.05) is 30.9 Å². The largest absolute Gasteiger partial charge is 0.383 e. The molecule has 4 rings (SSSR count). The predicted octanol–water partition coefficient (Wildman–Crippen LogP) is 2.46. The Morgan fingerprint density at radius 2 is 1.92 bits per heavy atom. The van der Waals surface area contributed by atoms with Gasteiger partial charge in [-0.1, -0.05) is 6.07 Å². The first kappa shape index (κ1) is 16.6. The van der Waals surface area contributed by atoms with E-state index in [-0.39, 0.29) is 5.91 Å². The van der Waals surface area contributed by atoms with E-state index in [4.69, 9.17) is 0 Å². The van der Waals surface area contributed by atoms with Crippen LogP contribution in [0.15, 0.2) is 48.8 Å². The summed E-state index contributed by atoms with van der Waals surface area (Å²) in [6.45, 7) is 2.90. The molecule has 0 atom stereocenters. The van der Waals surface area contributed by atoms with Crippen molar-refractivity contribution in [2.75, 3.05) is 13.1 Å². The number of likely N-dealkylation sites (tertiary alicyclic amines) is 1. The van der Waals surface area contributed by atoms with Gasteiger partial charge >= 0.3 is 0 Å². The maximum atomic E-state index is 12.8. The van der Waals surface area contributed by atoms with E-state index < -0.39 is 5.60 Å². The van der Waals surface area contributed by atoms with Crippen LogP contribution in [-0.4, -0.2) is 44.0 Å². The van der Waals surface area contributed by atoms with Gasteiger partial charge < -0.3 is 10.0 Å². The van der Waals surface area contributed by atoms with Crippen molar-refractivity contribution in [3.05, 3.63) is 65.7 Å². The number of amides is 1. The molecule has 1 aliphatic rings. The summed E-state index contributed by atoms with van der Waals surface area (Å²) >= 11 is 0. The number of piperidine rings is 1. The van der Waals surface area contributed by atoms with E-state index in [2.05, 4.69) is 15.0 Å². The minimum absolute atomic E-state index is 0.128. The van der Waals surface area contributed by atoms with E-state index in [1.807, 2.05) is 37.3 Å². The molecule has 1 aliphatic heterocycles. The molecule has 6 heteroatoms. The van der Waals surface area contributed by atoms with Crippen molar-refractivity contribution in [1.29, 1.82) is 0 Å². The van der Waals surface area contributed by atoms with Gasteiger partial charge in [0.1, 0.15) is 11.3 Å². The maximum Gasteiger partial charge on any atom is 0.272 e. The Hall–Kier alpha value is -2.86. The van der Waals surface area contributed by atoms with Gasteiger partial charge in [-0.3, -0.25) is 9.78 Å². The minimum Gasteiger partial charge on any atom is -0.383 e. The lowest BCUT2D eigenvalue weighted by molar-refractivity contribution is -0.0245. The van der Waals surface area contributed by atoms with Crippen LogP contribution in [-0.2, 0) is 5.60 Å². The highest BCUT2D eigenvalue weighted by molar-refractivity contribution is 5.94. The molecule has 0 aromatic carbocycles. The molecule has 132 valence electrons. The maximum absolute atomic E-state index is 12.8. The van der Waals surface area contributed by atoms with Gasteiger partial charge in [0.25, 0.3) is 5.91 Å². The Labute approximate surface area is 151 Å². The van der Waals surface area contributed by atoms with Crippen molar-refractivity contribution in [1.82, 2.24) is 19.9 Å². The smallest absolute Gasteiger partial charge is 0.272 e. The molecule has 0 unspecified atom stereocenters. The van der Waals surface area contributed by atoms with Crippen molar-refractivity contribution in [2.45, 2.75) is 25.4 Å². The number of rotatable bonds is 2. The van der Waals surface area contributed by atoms with Gasteiger partial charge in [-0.15, -0.1) is 0 Å². The summed E-state index contributed by atoms with van der Waals surface area (Å²) < 4.78 is 0. The summed E-state index contributed by atoms with van der Waals surface area (Å²) in [6.07, 6.45) is 4.34. The topological polar surface area (TPSA) is 79.2 Å². The van der Waals surface area contributed by atoms with Crippen LogP contribution in [0.25, 0.3) is 11.0 Å². The summed E-state index contributed by atoms with van der Waals surface area (Å²) in [7, 11) is 0. The number of nitrogens with zero attached hydrogens (tertiary/aromatic N) is 4. The van der Waals surface area contributed by atoms with Crippen LogP contribution in [0.1, 0.15) is 34.6 Å². The van der Waals surface area contributed by atoms with E-state index >= 15 is 0 Å². The number of carbonyl (C=O) groups is 1. The van der Waals surface area contributed by atoms with Crippen molar-refractivity contribution in [2.24, 2.45) is 0 Å². The average molecular weight is 348 g/mol. The molecule has 0 radical (unpaired) electrons. The molecule has 1 fully saturated rings. The first-order valence-electron chi connectivity index (χ1n) is 8.72. The Balaban J connectivity index is 1.49. The lowest BCUT2D eigenvalue weighted by Gasteiger charge is -2.37. The number of aromatic nitrogens is 3. The van der Waals surface area contributed by atoms with E-state index in [9.17, 15) is 9.90 Å². The van der Waals surface area contributed by atoms with Gasteiger partial charge in [-0.05, 0) is 55.7 Å². The summed E-state index contributed by atoms with van der Waals surface area (Å²) in [4.78, 5) is 27.5. The fourth-order valence-electron chi connectivity index (χ4n) is 3.31. The van der Waals surface area contributed by atoms with E-state index in [0.29, 0.717) is 43.0 Å². The Kier molecular flexibility index (Phi) is 4.12. The fourth-order valence-corrected chi connectivity index (χ4v) is 3.31. The van der Waals surface area contributed by atoms with E-state index in [0.717, 1.165) is 10.9 Å².